The van der Waals surface area contributed by atoms with Gasteiger partial charge in [-0.3, -0.25) is 4.68 Å². The van der Waals surface area contributed by atoms with Crippen LogP contribution in [0.3, 0.4) is 0 Å². The van der Waals surface area contributed by atoms with Crippen molar-refractivity contribution >= 4 is 5.96 Å². The third-order valence-electron chi connectivity index (χ3n) is 2.45. The third-order valence-corrected chi connectivity index (χ3v) is 2.45. The maximum atomic E-state index is 4.47. The summed E-state index contributed by atoms with van der Waals surface area (Å²) in [5.74, 6) is 1.74. The van der Waals surface area contributed by atoms with Crippen LogP contribution in [-0.4, -0.2) is 33.3 Å². The van der Waals surface area contributed by atoms with Gasteiger partial charge in [0.1, 0.15) is 18.7 Å². The fraction of sp³-hybridized carbons (Fsp3) is 0.700. The van der Waals surface area contributed by atoms with Crippen LogP contribution in [0, 0.1) is 0 Å². The van der Waals surface area contributed by atoms with Gasteiger partial charge in [-0.25, -0.2) is 9.98 Å². The number of nitrogens with zero attached hydrogens (tertiary/aromatic N) is 4. The van der Waals surface area contributed by atoms with Gasteiger partial charge in [0.2, 0.25) is 0 Å². The molecule has 0 saturated heterocycles. The highest BCUT2D eigenvalue weighted by Crippen LogP contribution is 2.18. The van der Waals surface area contributed by atoms with Crippen LogP contribution in [0.1, 0.15) is 25.6 Å². The first-order chi connectivity index (χ1) is 7.79. The van der Waals surface area contributed by atoms with Gasteiger partial charge in [0.05, 0.1) is 0 Å². The van der Waals surface area contributed by atoms with Gasteiger partial charge in [0.15, 0.2) is 5.96 Å². The molecule has 6 heteroatoms. The highest BCUT2D eigenvalue weighted by atomic mass is 15.3. The SMILES string of the molecule is CCNC(=NCc1ncnn1C)NC1CC1. The number of hydrogen-bond acceptors (Lipinski definition) is 3. The summed E-state index contributed by atoms with van der Waals surface area (Å²) in [6, 6.07) is 0.609. The van der Waals surface area contributed by atoms with Gasteiger partial charge in [-0.05, 0) is 19.8 Å². The molecule has 1 fully saturated rings. The van der Waals surface area contributed by atoms with Crippen LogP contribution in [-0.2, 0) is 13.6 Å². The smallest absolute Gasteiger partial charge is 0.191 e. The predicted molar refractivity (Wildman–Crippen MR) is 62.0 cm³/mol. The van der Waals surface area contributed by atoms with Gasteiger partial charge in [-0.15, -0.1) is 0 Å². The van der Waals surface area contributed by atoms with Crippen molar-refractivity contribution in [2.75, 3.05) is 6.54 Å². The normalized spacial score (nSPS) is 16.2. The molecule has 1 aromatic rings. The number of nitrogens with one attached hydrogen (secondary N) is 2. The Hall–Kier alpha value is -1.59. The molecule has 1 aliphatic carbocycles. The van der Waals surface area contributed by atoms with E-state index in [9.17, 15) is 0 Å². The molecule has 0 aliphatic heterocycles. The largest absolute Gasteiger partial charge is 0.357 e. The first-order valence-electron chi connectivity index (χ1n) is 5.67. The number of guanidine groups is 1. The van der Waals surface area contributed by atoms with E-state index in [-0.39, 0.29) is 0 Å². The van der Waals surface area contributed by atoms with Crippen LogP contribution in [0.15, 0.2) is 11.3 Å². The van der Waals surface area contributed by atoms with E-state index in [1.807, 2.05) is 7.05 Å². The second-order valence-corrected chi connectivity index (χ2v) is 3.91. The Morgan fingerprint density at radius 2 is 2.44 bits per heavy atom. The average Bonchev–Trinajstić information content (AvgIpc) is 2.98. The zero-order valence-corrected chi connectivity index (χ0v) is 9.77. The Morgan fingerprint density at radius 3 is 3.00 bits per heavy atom. The number of aromatic nitrogens is 3. The lowest BCUT2D eigenvalue weighted by atomic mass is 10.6. The Kier molecular flexibility index (Phi) is 3.38. The van der Waals surface area contributed by atoms with E-state index < -0.39 is 0 Å². The number of aryl methyl sites for hydroxylation is 1. The Bertz CT molecular complexity index is 365. The molecule has 1 saturated carbocycles. The molecule has 0 unspecified atom stereocenters. The summed E-state index contributed by atoms with van der Waals surface area (Å²) in [5, 5.41) is 10.6. The van der Waals surface area contributed by atoms with Gasteiger partial charge < -0.3 is 10.6 Å². The molecule has 2 rings (SSSR count). The summed E-state index contributed by atoms with van der Waals surface area (Å²) >= 11 is 0. The minimum Gasteiger partial charge on any atom is -0.357 e. The predicted octanol–water partition coefficient (Wildman–Crippen LogP) is 0.0326. The summed E-state index contributed by atoms with van der Waals surface area (Å²) in [4.78, 5) is 8.60. The van der Waals surface area contributed by atoms with Gasteiger partial charge >= 0.3 is 0 Å². The minimum absolute atomic E-state index is 0.554. The molecule has 0 radical (unpaired) electrons. The van der Waals surface area contributed by atoms with E-state index in [1.165, 1.54) is 12.8 Å². The van der Waals surface area contributed by atoms with Gasteiger partial charge in [-0.2, -0.15) is 5.10 Å². The molecular weight excluding hydrogens is 204 g/mol. The van der Waals surface area contributed by atoms with Crippen molar-refractivity contribution in [3.05, 3.63) is 12.2 Å². The topological polar surface area (TPSA) is 67.1 Å². The molecule has 0 amide bonds. The molecular formula is C10H18N6. The third kappa shape index (κ3) is 2.95. The van der Waals surface area contributed by atoms with Crippen LogP contribution in [0.2, 0.25) is 0 Å². The molecule has 16 heavy (non-hydrogen) atoms. The molecule has 0 bridgehead atoms. The number of hydrogen-bond donors (Lipinski definition) is 2. The molecule has 1 heterocycles. The average molecular weight is 222 g/mol. The molecule has 1 aromatic heterocycles. The highest BCUT2D eigenvalue weighted by molar-refractivity contribution is 5.80. The Balaban J connectivity index is 1.93. The van der Waals surface area contributed by atoms with Crippen LogP contribution < -0.4 is 10.6 Å². The first kappa shape index (κ1) is 10.9. The quantitative estimate of drug-likeness (QED) is 0.557. The summed E-state index contributed by atoms with van der Waals surface area (Å²) in [6.07, 6.45) is 4.04. The van der Waals surface area contributed by atoms with Crippen LogP contribution in [0.25, 0.3) is 0 Å². The molecule has 0 aromatic carbocycles. The lowest BCUT2D eigenvalue weighted by Crippen LogP contribution is -2.38. The summed E-state index contributed by atoms with van der Waals surface area (Å²) in [5.41, 5.74) is 0. The van der Waals surface area contributed by atoms with E-state index in [0.717, 1.165) is 18.3 Å². The second-order valence-electron chi connectivity index (χ2n) is 3.91. The van der Waals surface area contributed by atoms with Crippen molar-refractivity contribution in [3.63, 3.8) is 0 Å². The van der Waals surface area contributed by atoms with Crippen molar-refractivity contribution in [3.8, 4) is 0 Å². The van der Waals surface area contributed by atoms with Crippen LogP contribution in [0.4, 0.5) is 0 Å². The lowest BCUT2D eigenvalue weighted by molar-refractivity contribution is 0.697. The molecule has 0 spiro atoms. The standard InChI is InChI=1S/C10H18N6/c1-3-11-10(15-8-4-5-8)12-6-9-13-7-14-16(9)2/h7-8H,3-6H2,1-2H3,(H2,11,12,15). The zero-order valence-electron chi connectivity index (χ0n) is 9.77. The monoisotopic (exact) mass is 222 g/mol. The van der Waals surface area contributed by atoms with Crippen molar-refractivity contribution in [1.82, 2.24) is 25.4 Å². The van der Waals surface area contributed by atoms with E-state index in [1.54, 1.807) is 11.0 Å². The molecule has 88 valence electrons. The van der Waals surface area contributed by atoms with Crippen molar-refractivity contribution in [2.45, 2.75) is 32.4 Å². The Morgan fingerprint density at radius 1 is 1.62 bits per heavy atom. The number of aliphatic imine (C=N–C) groups is 1. The van der Waals surface area contributed by atoms with E-state index in [4.69, 9.17) is 0 Å². The number of rotatable bonds is 4. The lowest BCUT2D eigenvalue weighted by Gasteiger charge is -2.09. The van der Waals surface area contributed by atoms with Gasteiger partial charge in [-0.1, -0.05) is 0 Å². The minimum atomic E-state index is 0.554. The fourth-order valence-corrected chi connectivity index (χ4v) is 1.35. The summed E-state index contributed by atoms with van der Waals surface area (Å²) < 4.78 is 1.74. The summed E-state index contributed by atoms with van der Waals surface area (Å²) in [6.45, 7) is 3.49. The molecule has 2 N–H and O–H groups in total. The maximum Gasteiger partial charge on any atom is 0.191 e. The van der Waals surface area contributed by atoms with Crippen molar-refractivity contribution in [2.24, 2.45) is 12.0 Å². The van der Waals surface area contributed by atoms with Crippen molar-refractivity contribution in [1.29, 1.82) is 0 Å². The van der Waals surface area contributed by atoms with Crippen LogP contribution >= 0.6 is 0 Å². The van der Waals surface area contributed by atoms with E-state index >= 15 is 0 Å². The summed E-state index contributed by atoms with van der Waals surface area (Å²) in [7, 11) is 1.87. The molecule has 6 nitrogen and oxygen atoms in total. The Labute approximate surface area is 95.2 Å². The highest BCUT2D eigenvalue weighted by Gasteiger charge is 2.22. The van der Waals surface area contributed by atoms with Crippen molar-refractivity contribution < 1.29 is 0 Å². The van der Waals surface area contributed by atoms with Gasteiger partial charge in [0.25, 0.3) is 0 Å². The molecule has 1 aliphatic rings. The van der Waals surface area contributed by atoms with E-state index in [2.05, 4.69) is 32.6 Å². The van der Waals surface area contributed by atoms with Gasteiger partial charge in [0, 0.05) is 19.6 Å². The zero-order chi connectivity index (χ0) is 11.4. The maximum absolute atomic E-state index is 4.47. The molecule has 0 atom stereocenters. The van der Waals surface area contributed by atoms with Crippen LogP contribution in [0.5, 0.6) is 0 Å². The fourth-order valence-electron chi connectivity index (χ4n) is 1.35. The second kappa shape index (κ2) is 4.96. The van der Waals surface area contributed by atoms with E-state index in [0.29, 0.717) is 12.6 Å². The first-order valence-corrected chi connectivity index (χ1v) is 5.67.